The van der Waals surface area contributed by atoms with Gasteiger partial charge in [-0.3, -0.25) is 4.79 Å². The number of nitrogens with zero attached hydrogens (tertiary/aromatic N) is 1. The molecule has 1 rings (SSSR count). The van der Waals surface area contributed by atoms with Gasteiger partial charge in [0.2, 0.25) is 8.32 Å². The van der Waals surface area contributed by atoms with Crippen molar-refractivity contribution in [3.8, 4) is 0 Å². The fourth-order valence-corrected chi connectivity index (χ4v) is 11.5. The molecule has 258 valence electrons. The fraction of sp³-hybridized carbons (Fsp3) is 0.882. The molecule has 0 aliphatic heterocycles. The summed E-state index contributed by atoms with van der Waals surface area (Å²) in [5.41, 5.74) is 1.09. The number of allylic oxidation sites excluding steroid dienone is 1. The molecule has 0 aromatic heterocycles. The normalized spacial score (nSPS) is 22.9. The van der Waals surface area contributed by atoms with Crippen LogP contribution in [0.4, 0.5) is 0 Å². The van der Waals surface area contributed by atoms with Gasteiger partial charge in [0.25, 0.3) is 5.97 Å². The van der Waals surface area contributed by atoms with E-state index in [4.69, 9.17) is 18.1 Å². The second-order valence-corrected chi connectivity index (χ2v) is 36.1. The topological polar surface area (TPSA) is 66.4 Å². The van der Waals surface area contributed by atoms with Crippen molar-refractivity contribution < 1.29 is 22.9 Å². The van der Waals surface area contributed by atoms with E-state index in [1.807, 2.05) is 0 Å². The average Bonchev–Trinajstić information content (AvgIpc) is 3.10. The van der Waals surface area contributed by atoms with Gasteiger partial charge in [-0.2, -0.15) is 0 Å². The van der Waals surface area contributed by atoms with Crippen LogP contribution in [0.15, 0.2) is 17.3 Å². The zero-order valence-corrected chi connectivity index (χ0v) is 35.3. The molecule has 0 aromatic carbocycles. The molecule has 0 unspecified atom stereocenters. The predicted molar refractivity (Wildman–Crippen MR) is 200 cm³/mol. The molecule has 0 N–H and O–H groups in total. The van der Waals surface area contributed by atoms with Crippen LogP contribution in [-0.2, 0) is 22.9 Å². The Hall–Kier alpha value is -0.532. The molecule has 1 fully saturated rings. The molecule has 5 atom stereocenters. The number of carbonyl (C=O) groups is 1. The molecule has 0 spiro atoms. The molecule has 0 bridgehead atoms. The highest BCUT2D eigenvalue weighted by molar-refractivity contribution is 6.76. The summed E-state index contributed by atoms with van der Waals surface area (Å²) in [6.45, 7) is 29.8. The van der Waals surface area contributed by atoms with Crippen LogP contribution in [0, 0.1) is 17.8 Å². The Morgan fingerprint density at radius 1 is 0.864 bits per heavy atom. The Kier molecular flexibility index (Phi) is 17.6. The fourth-order valence-electron chi connectivity index (χ4n) is 6.46. The second kappa shape index (κ2) is 18.7. The number of unbranched alkanes of at least 4 members (excludes halogenated alkanes) is 3. The van der Waals surface area contributed by atoms with Gasteiger partial charge in [0, 0.05) is 20.6 Å². The molecule has 6 nitrogen and oxygen atoms in total. The third-order valence-electron chi connectivity index (χ3n) is 7.78. The highest BCUT2D eigenvalue weighted by atomic mass is 28.4. The van der Waals surface area contributed by atoms with Crippen LogP contribution in [-0.4, -0.2) is 64.0 Å². The lowest BCUT2D eigenvalue weighted by Crippen LogP contribution is -2.36. The van der Waals surface area contributed by atoms with E-state index in [1.165, 1.54) is 25.3 Å². The maximum atomic E-state index is 12.3. The van der Waals surface area contributed by atoms with E-state index in [-0.39, 0.29) is 18.2 Å². The molecule has 0 radical (unpaired) electrons. The monoisotopic (exact) mass is 685 g/mol. The Morgan fingerprint density at radius 3 is 2.02 bits per heavy atom. The summed E-state index contributed by atoms with van der Waals surface area (Å²) in [5, 5.41) is 4.55. The minimum atomic E-state index is -1.85. The van der Waals surface area contributed by atoms with Gasteiger partial charge in [0.05, 0.1) is 11.8 Å². The minimum Gasteiger partial charge on any atom is -0.520 e. The highest BCUT2D eigenvalue weighted by Gasteiger charge is 2.45. The van der Waals surface area contributed by atoms with Gasteiger partial charge in [-0.15, -0.1) is 0 Å². The zero-order chi connectivity index (χ0) is 33.8. The standard InChI is InChI=1S/C34H71NO5Si4/c1-15-16-17-21-30(38-42(6,7)8)23-24-31-28(27-41(3,4)5)25-33(39-43(9,10)11)32(31)26-29(35-37-2)20-18-19-22-34(36)40-44(12,13)14/h23-24,28,30-33H,15-22,25-27H2,1-14H3/b24-23+,35-29+/t28-,30-,31+,32-,33-/m0/s1. The van der Waals surface area contributed by atoms with Crippen molar-refractivity contribution in [2.45, 2.75) is 168 Å². The van der Waals surface area contributed by atoms with E-state index in [0.29, 0.717) is 24.2 Å². The number of hydrogen-bond acceptors (Lipinski definition) is 6. The lowest BCUT2D eigenvalue weighted by Gasteiger charge is -2.31. The molecule has 10 heteroatoms. The molecule has 0 aromatic rings. The summed E-state index contributed by atoms with van der Waals surface area (Å²) >= 11 is 0. The smallest absolute Gasteiger partial charge is 0.292 e. The highest BCUT2D eigenvalue weighted by Crippen LogP contribution is 2.47. The molecule has 0 saturated heterocycles. The molecule has 0 heterocycles. The number of carbonyl (C=O) groups excluding carboxylic acids is 1. The average molecular weight is 686 g/mol. The first kappa shape index (κ1) is 41.5. The van der Waals surface area contributed by atoms with Gasteiger partial charge >= 0.3 is 0 Å². The van der Waals surface area contributed by atoms with Crippen LogP contribution < -0.4 is 0 Å². The third kappa shape index (κ3) is 19.2. The van der Waals surface area contributed by atoms with E-state index in [0.717, 1.165) is 44.2 Å². The summed E-state index contributed by atoms with van der Waals surface area (Å²) < 4.78 is 19.3. The first-order valence-electron chi connectivity index (χ1n) is 17.5. The predicted octanol–water partition coefficient (Wildman–Crippen LogP) is 10.5. The van der Waals surface area contributed by atoms with E-state index in [1.54, 1.807) is 7.11 Å². The first-order valence-corrected chi connectivity index (χ1v) is 31.4. The van der Waals surface area contributed by atoms with E-state index >= 15 is 0 Å². The molecule has 1 aliphatic rings. The number of oxime groups is 1. The molecule has 44 heavy (non-hydrogen) atoms. The molecular weight excluding hydrogens is 615 g/mol. The first-order chi connectivity index (χ1) is 20.1. The van der Waals surface area contributed by atoms with Gasteiger partial charge in [-0.25, -0.2) is 0 Å². The molecule has 0 amide bonds. The van der Waals surface area contributed by atoms with Gasteiger partial charge in [-0.1, -0.05) is 69.2 Å². The largest absolute Gasteiger partial charge is 0.520 e. The van der Waals surface area contributed by atoms with E-state index in [2.05, 4.69) is 103 Å². The van der Waals surface area contributed by atoms with Crippen LogP contribution in [0.1, 0.15) is 71.1 Å². The third-order valence-corrected chi connectivity index (χ3v) is 12.4. The van der Waals surface area contributed by atoms with Gasteiger partial charge in [0.15, 0.2) is 16.6 Å². The van der Waals surface area contributed by atoms with Crippen molar-refractivity contribution in [3.05, 3.63) is 12.2 Å². The van der Waals surface area contributed by atoms with Crippen molar-refractivity contribution >= 4 is 44.7 Å². The van der Waals surface area contributed by atoms with Crippen LogP contribution in [0.2, 0.25) is 84.6 Å². The summed E-state index contributed by atoms with van der Waals surface area (Å²) in [4.78, 5) is 17.7. The lowest BCUT2D eigenvalue weighted by molar-refractivity contribution is -0.135. The van der Waals surface area contributed by atoms with E-state index in [9.17, 15) is 4.79 Å². The summed E-state index contributed by atoms with van der Waals surface area (Å²) in [5.74, 6) is 1.32. The number of rotatable bonds is 21. The molecular formula is C34H71NO5Si4. The lowest BCUT2D eigenvalue weighted by atomic mass is 9.84. The Bertz CT molecular complexity index is 899. The van der Waals surface area contributed by atoms with Crippen molar-refractivity contribution in [3.63, 3.8) is 0 Å². The van der Waals surface area contributed by atoms with Gasteiger partial charge < -0.3 is 18.1 Å². The summed E-state index contributed by atoms with van der Waals surface area (Å²) in [7, 11) is -4.96. The maximum Gasteiger partial charge on any atom is 0.292 e. The van der Waals surface area contributed by atoms with Crippen molar-refractivity contribution in [1.29, 1.82) is 0 Å². The molecule has 1 saturated carbocycles. The number of hydrogen-bond donors (Lipinski definition) is 0. The van der Waals surface area contributed by atoms with Crippen LogP contribution in [0.3, 0.4) is 0 Å². The van der Waals surface area contributed by atoms with Crippen LogP contribution >= 0.6 is 0 Å². The zero-order valence-electron chi connectivity index (χ0n) is 31.3. The van der Waals surface area contributed by atoms with Crippen LogP contribution in [0.5, 0.6) is 0 Å². The van der Waals surface area contributed by atoms with E-state index < -0.39 is 33.0 Å². The summed E-state index contributed by atoms with van der Waals surface area (Å²) in [6, 6.07) is 1.30. The minimum absolute atomic E-state index is 0.0674. The Morgan fingerprint density at radius 2 is 1.50 bits per heavy atom. The quantitative estimate of drug-likeness (QED) is 0.0395. The second-order valence-electron chi connectivity index (χ2n) is 17.3. The Labute approximate surface area is 276 Å². The maximum absolute atomic E-state index is 12.3. The molecule has 1 aliphatic carbocycles. The van der Waals surface area contributed by atoms with Crippen molar-refractivity contribution in [1.82, 2.24) is 0 Å². The summed E-state index contributed by atoms with van der Waals surface area (Å²) in [6.07, 6.45) is 15.1. The van der Waals surface area contributed by atoms with Gasteiger partial charge in [0.1, 0.15) is 7.11 Å². The van der Waals surface area contributed by atoms with Crippen molar-refractivity contribution in [2.75, 3.05) is 7.11 Å². The Balaban J connectivity index is 3.30. The van der Waals surface area contributed by atoms with Crippen LogP contribution in [0.25, 0.3) is 0 Å². The van der Waals surface area contributed by atoms with Crippen molar-refractivity contribution in [2.24, 2.45) is 22.9 Å². The van der Waals surface area contributed by atoms with Gasteiger partial charge in [-0.05, 0) is 115 Å². The SMILES string of the molecule is CCCCC[C@@H](/C=C/[C@@H]1[C@H](C[Si](C)(C)C)C[C@H](O[Si](C)(C)C)[C@H]1C/C(CCCCC(=O)O[Si](C)(C)C)=N/OC)O[Si](C)(C)C.